The van der Waals surface area contributed by atoms with Crippen molar-refractivity contribution in [3.05, 3.63) is 81.1 Å². The predicted octanol–water partition coefficient (Wildman–Crippen LogP) is 6.35. The smallest absolute Gasteiger partial charge is 0.257 e. The number of nitrogens with one attached hydrogen (secondary N) is 2. The predicted molar refractivity (Wildman–Crippen MR) is 108 cm³/mol. The molecule has 0 fully saturated rings. The normalized spacial score (nSPS) is 10.5. The molecule has 0 unspecified atom stereocenters. The Balaban J connectivity index is 1.82. The molecule has 4 nitrogen and oxygen atoms in total. The van der Waals surface area contributed by atoms with E-state index >= 15 is 0 Å². The van der Waals surface area contributed by atoms with Gasteiger partial charge in [0, 0.05) is 16.4 Å². The summed E-state index contributed by atoms with van der Waals surface area (Å²) in [5, 5.41) is 7.50. The number of benzene rings is 2. The quantitative estimate of drug-likeness (QED) is 0.497. The Hall–Kier alpha value is -2.27. The number of carbonyl (C=O) groups excluding carboxylic acids is 1. The Bertz CT molecular complexity index is 976. The van der Waals surface area contributed by atoms with E-state index in [4.69, 9.17) is 34.8 Å². The van der Waals surface area contributed by atoms with E-state index in [0.717, 1.165) is 5.69 Å². The zero-order valence-corrected chi connectivity index (χ0v) is 16.0. The van der Waals surface area contributed by atoms with Crippen molar-refractivity contribution in [2.45, 2.75) is 6.92 Å². The van der Waals surface area contributed by atoms with Crippen molar-refractivity contribution in [2.24, 2.45) is 0 Å². The summed E-state index contributed by atoms with van der Waals surface area (Å²) in [6.07, 6.45) is 0. The topological polar surface area (TPSA) is 54.0 Å². The number of nitrogens with zero attached hydrogens (tertiary/aromatic N) is 1. The molecule has 0 saturated carbocycles. The Labute approximate surface area is 166 Å². The van der Waals surface area contributed by atoms with Gasteiger partial charge in [0.25, 0.3) is 5.91 Å². The molecule has 1 amide bonds. The number of hydrogen-bond acceptors (Lipinski definition) is 3. The molecule has 2 N–H and O–H groups in total. The van der Waals surface area contributed by atoms with Crippen LogP contribution in [0, 0.1) is 6.92 Å². The van der Waals surface area contributed by atoms with Crippen LogP contribution in [0.4, 0.5) is 17.1 Å². The summed E-state index contributed by atoms with van der Waals surface area (Å²) in [7, 11) is 0. The second kappa shape index (κ2) is 7.96. The molecule has 0 aliphatic rings. The summed E-state index contributed by atoms with van der Waals surface area (Å²) in [4.78, 5) is 16.6. The number of aryl methyl sites for hydroxylation is 1. The minimum absolute atomic E-state index is 0.275. The minimum atomic E-state index is -0.275. The van der Waals surface area contributed by atoms with Gasteiger partial charge < -0.3 is 10.6 Å². The van der Waals surface area contributed by atoms with Crippen molar-refractivity contribution in [3.8, 4) is 0 Å². The summed E-state index contributed by atoms with van der Waals surface area (Å²) >= 11 is 18.1. The number of anilines is 3. The van der Waals surface area contributed by atoms with E-state index in [-0.39, 0.29) is 5.91 Å². The van der Waals surface area contributed by atoms with Crippen LogP contribution in [0.1, 0.15) is 16.1 Å². The SMILES string of the molecule is Cc1nc(Cl)ccc1C(=O)Nc1ccc(Cl)c(Nc2cccc(Cl)c2)c1. The van der Waals surface area contributed by atoms with Crippen molar-refractivity contribution in [1.29, 1.82) is 0 Å². The molecule has 3 aromatic rings. The third-order valence-electron chi connectivity index (χ3n) is 3.62. The number of hydrogen-bond donors (Lipinski definition) is 2. The molecule has 0 saturated heterocycles. The van der Waals surface area contributed by atoms with Crippen molar-refractivity contribution in [3.63, 3.8) is 0 Å². The van der Waals surface area contributed by atoms with Crippen LogP contribution in [-0.4, -0.2) is 10.9 Å². The van der Waals surface area contributed by atoms with E-state index in [2.05, 4.69) is 15.6 Å². The zero-order chi connectivity index (χ0) is 18.7. The molecule has 0 bridgehead atoms. The number of carbonyl (C=O) groups is 1. The fraction of sp³-hybridized carbons (Fsp3) is 0.0526. The van der Waals surface area contributed by atoms with E-state index in [1.807, 2.05) is 12.1 Å². The average molecular weight is 407 g/mol. The van der Waals surface area contributed by atoms with Crippen molar-refractivity contribution >= 4 is 57.8 Å². The Morgan fingerprint density at radius 2 is 1.77 bits per heavy atom. The summed E-state index contributed by atoms with van der Waals surface area (Å²) in [6.45, 7) is 1.73. The maximum absolute atomic E-state index is 12.5. The molecule has 132 valence electrons. The highest BCUT2D eigenvalue weighted by atomic mass is 35.5. The van der Waals surface area contributed by atoms with Crippen LogP contribution in [-0.2, 0) is 0 Å². The van der Waals surface area contributed by atoms with Gasteiger partial charge in [0.2, 0.25) is 0 Å². The van der Waals surface area contributed by atoms with Crippen LogP contribution in [0.15, 0.2) is 54.6 Å². The standard InChI is InChI=1S/C19H14Cl3N3O/c1-11-15(6-8-18(22)23-11)19(26)25-14-5-7-16(21)17(10-14)24-13-4-2-3-12(20)9-13/h2-10,24H,1H3,(H,25,26). The van der Waals surface area contributed by atoms with Gasteiger partial charge in [0.05, 0.1) is 22.0 Å². The van der Waals surface area contributed by atoms with Gasteiger partial charge in [0.15, 0.2) is 0 Å². The van der Waals surface area contributed by atoms with E-state index in [9.17, 15) is 4.79 Å². The Morgan fingerprint density at radius 3 is 2.50 bits per heavy atom. The first kappa shape index (κ1) is 18.5. The number of halogens is 3. The van der Waals surface area contributed by atoms with E-state index in [1.54, 1.807) is 49.4 Å². The van der Waals surface area contributed by atoms with Crippen molar-refractivity contribution in [2.75, 3.05) is 10.6 Å². The fourth-order valence-electron chi connectivity index (χ4n) is 2.39. The van der Waals surface area contributed by atoms with Gasteiger partial charge in [-0.25, -0.2) is 4.98 Å². The number of pyridine rings is 1. The molecule has 3 rings (SSSR count). The molecular formula is C19H14Cl3N3O. The number of rotatable bonds is 4. The van der Waals surface area contributed by atoms with Gasteiger partial charge in [-0.3, -0.25) is 4.79 Å². The fourth-order valence-corrected chi connectivity index (χ4v) is 2.93. The Kier molecular flexibility index (Phi) is 5.67. The van der Waals surface area contributed by atoms with Crippen LogP contribution in [0.25, 0.3) is 0 Å². The lowest BCUT2D eigenvalue weighted by Crippen LogP contribution is -2.14. The zero-order valence-electron chi connectivity index (χ0n) is 13.7. The maximum Gasteiger partial charge on any atom is 0.257 e. The summed E-state index contributed by atoms with van der Waals surface area (Å²) in [6, 6.07) is 15.7. The summed E-state index contributed by atoms with van der Waals surface area (Å²) in [5.41, 5.74) is 3.05. The molecule has 7 heteroatoms. The second-order valence-electron chi connectivity index (χ2n) is 5.55. The third kappa shape index (κ3) is 4.47. The van der Waals surface area contributed by atoms with E-state index in [0.29, 0.717) is 37.8 Å². The molecule has 0 atom stereocenters. The van der Waals surface area contributed by atoms with Gasteiger partial charge in [-0.1, -0.05) is 40.9 Å². The molecule has 2 aromatic carbocycles. The van der Waals surface area contributed by atoms with Gasteiger partial charge in [-0.2, -0.15) is 0 Å². The van der Waals surface area contributed by atoms with Gasteiger partial charge >= 0.3 is 0 Å². The highest BCUT2D eigenvalue weighted by molar-refractivity contribution is 6.33. The monoisotopic (exact) mass is 405 g/mol. The van der Waals surface area contributed by atoms with Gasteiger partial charge in [-0.05, 0) is 55.5 Å². The first-order valence-electron chi connectivity index (χ1n) is 7.69. The van der Waals surface area contributed by atoms with Crippen LogP contribution in [0.5, 0.6) is 0 Å². The first-order chi connectivity index (χ1) is 12.4. The second-order valence-corrected chi connectivity index (χ2v) is 6.78. The highest BCUT2D eigenvalue weighted by Crippen LogP contribution is 2.29. The third-order valence-corrected chi connectivity index (χ3v) is 4.40. The van der Waals surface area contributed by atoms with Crippen LogP contribution >= 0.6 is 34.8 Å². The molecular weight excluding hydrogens is 393 g/mol. The van der Waals surface area contributed by atoms with E-state index in [1.165, 1.54) is 0 Å². The Morgan fingerprint density at radius 1 is 0.962 bits per heavy atom. The van der Waals surface area contributed by atoms with Gasteiger partial charge in [-0.15, -0.1) is 0 Å². The lowest BCUT2D eigenvalue weighted by molar-refractivity contribution is 0.102. The molecule has 26 heavy (non-hydrogen) atoms. The molecule has 0 spiro atoms. The lowest BCUT2D eigenvalue weighted by atomic mass is 10.2. The van der Waals surface area contributed by atoms with Crippen LogP contribution in [0.3, 0.4) is 0 Å². The van der Waals surface area contributed by atoms with Crippen molar-refractivity contribution in [1.82, 2.24) is 4.98 Å². The molecule has 0 aliphatic carbocycles. The largest absolute Gasteiger partial charge is 0.354 e. The molecule has 0 radical (unpaired) electrons. The van der Waals surface area contributed by atoms with Crippen LogP contribution in [0.2, 0.25) is 15.2 Å². The summed E-state index contributed by atoms with van der Waals surface area (Å²) in [5.74, 6) is -0.275. The van der Waals surface area contributed by atoms with Gasteiger partial charge in [0.1, 0.15) is 5.15 Å². The minimum Gasteiger partial charge on any atom is -0.354 e. The van der Waals surface area contributed by atoms with E-state index < -0.39 is 0 Å². The van der Waals surface area contributed by atoms with Crippen molar-refractivity contribution < 1.29 is 4.79 Å². The maximum atomic E-state index is 12.5. The lowest BCUT2D eigenvalue weighted by Gasteiger charge is -2.12. The average Bonchev–Trinajstić information content (AvgIpc) is 2.58. The number of aromatic nitrogens is 1. The molecule has 0 aliphatic heterocycles. The first-order valence-corrected chi connectivity index (χ1v) is 8.82. The van der Waals surface area contributed by atoms with Crippen LogP contribution < -0.4 is 10.6 Å². The molecule has 1 aromatic heterocycles. The number of amides is 1. The highest BCUT2D eigenvalue weighted by Gasteiger charge is 2.12. The summed E-state index contributed by atoms with van der Waals surface area (Å²) < 4.78 is 0. The molecule has 1 heterocycles.